The lowest BCUT2D eigenvalue weighted by Crippen LogP contribution is -2.50. The summed E-state index contributed by atoms with van der Waals surface area (Å²) in [5, 5.41) is 6.81. The minimum atomic E-state index is 0.218. The van der Waals surface area contributed by atoms with Gasteiger partial charge in [0.2, 0.25) is 0 Å². The monoisotopic (exact) mass is 331 g/mol. The Hall–Kier alpha value is -1.32. The fourth-order valence-corrected chi connectivity index (χ4v) is 3.77. The minimum absolute atomic E-state index is 0.218. The number of hydrogen-bond acceptors (Lipinski definition) is 3. The standard InChI is InChI=1S/C19H26ClN3/c1-13-10-15(20)11-14-7-8-21-18(17(13)14)22-16-6-5-9-23(12-16)19(2,3)4/h7-8,10-11,16H,5-6,9,12H2,1-4H3,(H,21,22)/t16-/m1/s1. The molecule has 0 spiro atoms. The largest absolute Gasteiger partial charge is 0.366 e. The maximum absolute atomic E-state index is 6.19. The summed E-state index contributed by atoms with van der Waals surface area (Å²) in [7, 11) is 0. The second-order valence-corrected chi connectivity index (χ2v) is 8.02. The zero-order valence-corrected chi connectivity index (χ0v) is 15.2. The molecule has 1 aromatic heterocycles. The SMILES string of the molecule is Cc1cc(Cl)cc2ccnc(N[C@@H]3CCCN(C(C)(C)C)C3)c12. The molecule has 3 rings (SSSR count). The molecule has 0 radical (unpaired) electrons. The quantitative estimate of drug-likeness (QED) is 0.850. The molecule has 4 heteroatoms. The van der Waals surface area contributed by atoms with Crippen molar-refractivity contribution in [3.63, 3.8) is 0 Å². The molecule has 23 heavy (non-hydrogen) atoms. The molecule has 2 heterocycles. The lowest BCUT2D eigenvalue weighted by Gasteiger charge is -2.42. The van der Waals surface area contributed by atoms with Gasteiger partial charge in [0.05, 0.1) is 0 Å². The Labute approximate surface area is 144 Å². The molecule has 1 atom stereocenters. The number of nitrogens with one attached hydrogen (secondary N) is 1. The number of aromatic nitrogens is 1. The highest BCUT2D eigenvalue weighted by Crippen LogP contribution is 2.30. The van der Waals surface area contributed by atoms with Crippen molar-refractivity contribution >= 4 is 28.2 Å². The Balaban J connectivity index is 1.87. The third kappa shape index (κ3) is 3.61. The topological polar surface area (TPSA) is 28.2 Å². The molecule has 1 saturated heterocycles. The molecule has 1 aliphatic heterocycles. The highest BCUT2D eigenvalue weighted by molar-refractivity contribution is 6.31. The molecule has 1 N–H and O–H groups in total. The average molecular weight is 332 g/mol. The molecular weight excluding hydrogens is 306 g/mol. The first-order valence-corrected chi connectivity index (χ1v) is 8.79. The van der Waals surface area contributed by atoms with E-state index in [0.717, 1.165) is 22.8 Å². The van der Waals surface area contributed by atoms with Gasteiger partial charge in [-0.25, -0.2) is 4.98 Å². The Bertz CT molecular complexity index is 706. The number of rotatable bonds is 2. The number of anilines is 1. The van der Waals surface area contributed by atoms with Gasteiger partial charge in [0.25, 0.3) is 0 Å². The number of benzene rings is 1. The Morgan fingerprint density at radius 3 is 2.83 bits per heavy atom. The summed E-state index contributed by atoms with van der Waals surface area (Å²) in [6.45, 7) is 11.2. The highest BCUT2D eigenvalue weighted by atomic mass is 35.5. The van der Waals surface area contributed by atoms with Crippen LogP contribution in [0.2, 0.25) is 5.02 Å². The summed E-state index contributed by atoms with van der Waals surface area (Å²) in [5.41, 5.74) is 1.39. The molecule has 0 amide bonds. The van der Waals surface area contributed by atoms with Crippen molar-refractivity contribution in [2.75, 3.05) is 18.4 Å². The summed E-state index contributed by atoms with van der Waals surface area (Å²) in [6.07, 6.45) is 4.28. The van der Waals surface area contributed by atoms with Crippen molar-refractivity contribution in [2.24, 2.45) is 0 Å². The summed E-state index contributed by atoms with van der Waals surface area (Å²) in [4.78, 5) is 7.16. The van der Waals surface area contributed by atoms with E-state index in [-0.39, 0.29) is 5.54 Å². The van der Waals surface area contributed by atoms with Crippen molar-refractivity contribution < 1.29 is 0 Å². The van der Waals surface area contributed by atoms with Crippen molar-refractivity contribution in [3.05, 3.63) is 35.0 Å². The first-order valence-electron chi connectivity index (χ1n) is 8.41. The molecule has 3 nitrogen and oxygen atoms in total. The van der Waals surface area contributed by atoms with Crippen LogP contribution in [0.25, 0.3) is 10.8 Å². The van der Waals surface area contributed by atoms with Crippen LogP contribution in [-0.4, -0.2) is 34.6 Å². The van der Waals surface area contributed by atoms with Gasteiger partial charge in [0, 0.05) is 34.7 Å². The number of likely N-dealkylation sites (tertiary alicyclic amines) is 1. The number of halogens is 1. The molecule has 0 saturated carbocycles. The molecule has 0 unspecified atom stereocenters. The van der Waals surface area contributed by atoms with E-state index in [1.807, 2.05) is 24.4 Å². The zero-order valence-electron chi connectivity index (χ0n) is 14.5. The van der Waals surface area contributed by atoms with Gasteiger partial charge in [0.1, 0.15) is 5.82 Å². The number of pyridine rings is 1. The van der Waals surface area contributed by atoms with Gasteiger partial charge in [-0.3, -0.25) is 4.90 Å². The predicted octanol–water partition coefficient (Wildman–Crippen LogP) is 4.87. The Morgan fingerprint density at radius 2 is 2.09 bits per heavy atom. The van der Waals surface area contributed by atoms with Gasteiger partial charge in [-0.2, -0.15) is 0 Å². The fourth-order valence-electron chi connectivity index (χ4n) is 3.49. The summed E-state index contributed by atoms with van der Waals surface area (Å²) < 4.78 is 0. The van der Waals surface area contributed by atoms with Crippen LogP contribution < -0.4 is 5.32 Å². The van der Waals surface area contributed by atoms with E-state index in [2.05, 4.69) is 42.9 Å². The van der Waals surface area contributed by atoms with E-state index in [4.69, 9.17) is 11.6 Å². The second-order valence-electron chi connectivity index (χ2n) is 7.58. The number of nitrogens with zero attached hydrogens (tertiary/aromatic N) is 2. The second kappa shape index (κ2) is 6.29. The molecule has 1 aromatic carbocycles. The van der Waals surface area contributed by atoms with Crippen molar-refractivity contribution in [2.45, 2.75) is 52.1 Å². The molecule has 0 aliphatic carbocycles. The van der Waals surface area contributed by atoms with E-state index in [9.17, 15) is 0 Å². The number of hydrogen-bond donors (Lipinski definition) is 1. The van der Waals surface area contributed by atoms with E-state index in [1.54, 1.807) is 0 Å². The molecule has 1 aliphatic rings. The predicted molar refractivity (Wildman–Crippen MR) is 99.5 cm³/mol. The molecule has 2 aromatic rings. The normalized spacial score (nSPS) is 20.0. The first-order chi connectivity index (χ1) is 10.8. The maximum Gasteiger partial charge on any atom is 0.134 e. The van der Waals surface area contributed by atoms with Crippen LogP contribution in [0.3, 0.4) is 0 Å². The van der Waals surface area contributed by atoms with Crippen LogP contribution in [0.4, 0.5) is 5.82 Å². The van der Waals surface area contributed by atoms with Crippen LogP contribution >= 0.6 is 11.6 Å². The Kier molecular flexibility index (Phi) is 4.52. The van der Waals surface area contributed by atoms with Gasteiger partial charge in [-0.15, -0.1) is 0 Å². The third-order valence-electron chi connectivity index (χ3n) is 4.74. The van der Waals surface area contributed by atoms with Crippen LogP contribution in [0.5, 0.6) is 0 Å². The first kappa shape index (κ1) is 16.5. The summed E-state index contributed by atoms with van der Waals surface area (Å²) in [5.74, 6) is 0.984. The van der Waals surface area contributed by atoms with E-state index in [1.165, 1.54) is 30.3 Å². The van der Waals surface area contributed by atoms with Gasteiger partial charge in [-0.05, 0) is 76.2 Å². The molecule has 1 fully saturated rings. The zero-order chi connectivity index (χ0) is 16.6. The van der Waals surface area contributed by atoms with E-state index in [0.29, 0.717) is 6.04 Å². The van der Waals surface area contributed by atoms with Crippen LogP contribution in [0.1, 0.15) is 39.2 Å². The van der Waals surface area contributed by atoms with Gasteiger partial charge in [-0.1, -0.05) is 11.6 Å². The van der Waals surface area contributed by atoms with Crippen LogP contribution in [-0.2, 0) is 0 Å². The van der Waals surface area contributed by atoms with Crippen molar-refractivity contribution in [3.8, 4) is 0 Å². The van der Waals surface area contributed by atoms with Gasteiger partial charge >= 0.3 is 0 Å². The fraction of sp³-hybridized carbons (Fsp3) is 0.526. The molecule has 124 valence electrons. The number of fused-ring (bicyclic) bond motifs is 1. The lowest BCUT2D eigenvalue weighted by atomic mass is 9.98. The number of piperidine rings is 1. The summed E-state index contributed by atoms with van der Waals surface area (Å²) in [6, 6.07) is 6.50. The average Bonchev–Trinajstić information content (AvgIpc) is 2.46. The Morgan fingerprint density at radius 1 is 1.30 bits per heavy atom. The lowest BCUT2D eigenvalue weighted by molar-refractivity contribution is 0.104. The smallest absolute Gasteiger partial charge is 0.134 e. The number of aryl methyl sites for hydroxylation is 1. The van der Waals surface area contributed by atoms with Gasteiger partial charge < -0.3 is 5.32 Å². The van der Waals surface area contributed by atoms with Crippen LogP contribution in [0, 0.1) is 6.92 Å². The maximum atomic E-state index is 6.19. The van der Waals surface area contributed by atoms with Crippen molar-refractivity contribution in [1.82, 2.24) is 9.88 Å². The molecule has 0 bridgehead atoms. The highest BCUT2D eigenvalue weighted by Gasteiger charge is 2.28. The summed E-state index contributed by atoms with van der Waals surface area (Å²) >= 11 is 6.19. The van der Waals surface area contributed by atoms with Crippen molar-refractivity contribution in [1.29, 1.82) is 0 Å². The van der Waals surface area contributed by atoms with E-state index < -0.39 is 0 Å². The minimum Gasteiger partial charge on any atom is -0.366 e. The molecular formula is C19H26ClN3. The third-order valence-corrected chi connectivity index (χ3v) is 4.95. The van der Waals surface area contributed by atoms with E-state index >= 15 is 0 Å². The van der Waals surface area contributed by atoms with Crippen LogP contribution in [0.15, 0.2) is 24.4 Å². The van der Waals surface area contributed by atoms with Gasteiger partial charge in [0.15, 0.2) is 0 Å².